The van der Waals surface area contributed by atoms with Gasteiger partial charge in [-0.2, -0.15) is 23.4 Å². The fourth-order valence-corrected chi connectivity index (χ4v) is 3.01. The summed E-state index contributed by atoms with van der Waals surface area (Å²) < 4.78 is 55.2. The van der Waals surface area contributed by atoms with E-state index in [9.17, 15) is 27.5 Å². The third-order valence-electron chi connectivity index (χ3n) is 4.48. The molecule has 0 radical (unpaired) electrons. The highest BCUT2D eigenvalue weighted by Crippen LogP contribution is 2.35. The van der Waals surface area contributed by atoms with Gasteiger partial charge in [-0.05, 0) is 23.8 Å². The Kier molecular flexibility index (Phi) is 5.31. The van der Waals surface area contributed by atoms with Crippen LogP contribution in [0.25, 0.3) is 16.9 Å². The van der Waals surface area contributed by atoms with Crippen LogP contribution >= 0.6 is 0 Å². The van der Waals surface area contributed by atoms with Crippen LogP contribution in [0.1, 0.15) is 15.9 Å². The van der Waals surface area contributed by atoms with Crippen molar-refractivity contribution in [3.63, 3.8) is 0 Å². The number of alkyl halides is 3. The molecule has 0 unspecified atom stereocenters. The summed E-state index contributed by atoms with van der Waals surface area (Å²) in [7, 11) is 0. The van der Waals surface area contributed by atoms with Crippen molar-refractivity contribution in [2.45, 2.75) is 6.18 Å². The van der Waals surface area contributed by atoms with E-state index in [2.05, 4.69) is 20.5 Å². The van der Waals surface area contributed by atoms with Crippen LogP contribution < -0.4 is 5.32 Å². The largest absolute Gasteiger partial charge is 0.504 e. The number of aromatic nitrogens is 4. The number of phenols is 1. The highest BCUT2D eigenvalue weighted by atomic mass is 19.4. The minimum atomic E-state index is -4.82. The third-order valence-corrected chi connectivity index (χ3v) is 4.48. The Bertz CT molecular complexity index is 1280. The van der Waals surface area contributed by atoms with Gasteiger partial charge in [-0.15, -0.1) is 4.80 Å². The van der Waals surface area contributed by atoms with Crippen LogP contribution in [0, 0.1) is 5.82 Å². The minimum Gasteiger partial charge on any atom is -0.504 e. The lowest BCUT2D eigenvalue weighted by atomic mass is 10.0. The van der Waals surface area contributed by atoms with E-state index in [4.69, 9.17) is 0 Å². The van der Waals surface area contributed by atoms with Crippen molar-refractivity contribution in [2.75, 3.05) is 5.32 Å². The molecule has 32 heavy (non-hydrogen) atoms. The van der Waals surface area contributed by atoms with Crippen LogP contribution in [-0.2, 0) is 6.18 Å². The highest BCUT2D eigenvalue weighted by molar-refractivity contribution is 6.05. The van der Waals surface area contributed by atoms with Gasteiger partial charge in [-0.3, -0.25) is 4.79 Å². The van der Waals surface area contributed by atoms with Gasteiger partial charge >= 0.3 is 6.18 Å². The summed E-state index contributed by atoms with van der Waals surface area (Å²) >= 11 is 0. The van der Waals surface area contributed by atoms with E-state index < -0.39 is 40.6 Å². The van der Waals surface area contributed by atoms with Crippen molar-refractivity contribution < 1.29 is 27.5 Å². The fourth-order valence-electron chi connectivity index (χ4n) is 3.01. The number of carbonyl (C=O) groups is 1. The summed E-state index contributed by atoms with van der Waals surface area (Å²) in [6, 6.07) is 11.5. The lowest BCUT2D eigenvalue weighted by Crippen LogP contribution is -2.18. The van der Waals surface area contributed by atoms with Gasteiger partial charge in [0.2, 0.25) is 0 Å². The summed E-state index contributed by atoms with van der Waals surface area (Å²) in [5.41, 5.74) is -1.39. The number of carbonyl (C=O) groups excluding carboxylic acids is 1. The molecule has 0 bridgehead atoms. The number of halogens is 4. The summed E-state index contributed by atoms with van der Waals surface area (Å²) in [5, 5.41) is 19.6. The van der Waals surface area contributed by atoms with E-state index in [1.165, 1.54) is 18.5 Å². The first-order valence-corrected chi connectivity index (χ1v) is 9.08. The zero-order valence-electron chi connectivity index (χ0n) is 16.0. The van der Waals surface area contributed by atoms with Crippen LogP contribution in [-0.4, -0.2) is 31.0 Å². The number of rotatable bonds is 4. The Hall–Kier alpha value is -4.28. The fraction of sp³-hybridized carbons (Fsp3) is 0.0476. The van der Waals surface area contributed by atoms with Crippen LogP contribution in [0.4, 0.5) is 23.2 Å². The van der Waals surface area contributed by atoms with Crippen LogP contribution in [0.3, 0.4) is 0 Å². The summed E-state index contributed by atoms with van der Waals surface area (Å²) in [6.45, 7) is 0. The Labute approximate surface area is 178 Å². The molecule has 2 aromatic heterocycles. The molecule has 162 valence electrons. The van der Waals surface area contributed by atoms with Gasteiger partial charge in [-0.25, -0.2) is 9.37 Å². The van der Waals surface area contributed by atoms with Crippen molar-refractivity contribution >= 4 is 11.6 Å². The first-order chi connectivity index (χ1) is 15.3. The summed E-state index contributed by atoms with van der Waals surface area (Å²) in [4.78, 5) is 16.9. The number of aromatic hydroxyl groups is 1. The molecule has 0 fully saturated rings. The van der Waals surface area contributed by atoms with Crippen LogP contribution in [0.5, 0.6) is 5.75 Å². The Morgan fingerprint density at radius 2 is 1.72 bits per heavy atom. The maximum absolute atomic E-state index is 14.7. The maximum atomic E-state index is 14.7. The van der Waals surface area contributed by atoms with Crippen LogP contribution in [0.15, 0.2) is 67.1 Å². The molecule has 0 aliphatic heterocycles. The number of amides is 1. The third kappa shape index (κ3) is 4.00. The molecule has 0 saturated carbocycles. The van der Waals surface area contributed by atoms with Crippen molar-refractivity contribution in [2.24, 2.45) is 0 Å². The topological polar surface area (TPSA) is 92.9 Å². The first-order valence-electron chi connectivity index (χ1n) is 9.08. The zero-order chi connectivity index (χ0) is 22.9. The summed E-state index contributed by atoms with van der Waals surface area (Å²) in [5.74, 6) is -3.60. The molecular formula is C21H13F4N5O2. The molecule has 11 heteroatoms. The van der Waals surface area contributed by atoms with E-state index in [1.54, 1.807) is 30.3 Å². The van der Waals surface area contributed by atoms with Crippen molar-refractivity contribution in [3.8, 4) is 22.7 Å². The molecule has 0 saturated heterocycles. The molecular weight excluding hydrogens is 430 g/mol. The van der Waals surface area contributed by atoms with Crippen molar-refractivity contribution in [1.82, 2.24) is 20.0 Å². The molecule has 4 aromatic rings. The van der Waals surface area contributed by atoms with Gasteiger partial charge in [0.15, 0.2) is 17.4 Å². The monoisotopic (exact) mass is 443 g/mol. The number of benzene rings is 2. The molecule has 0 aliphatic rings. The number of phenolic OH excluding ortho intramolecular Hbond substituents is 1. The lowest BCUT2D eigenvalue weighted by molar-refractivity contribution is -0.137. The zero-order valence-corrected chi connectivity index (χ0v) is 16.0. The average Bonchev–Trinajstić information content (AvgIpc) is 3.30. The Balaban J connectivity index is 1.65. The number of nitrogens with zero attached hydrogens (tertiary/aromatic N) is 4. The normalized spacial score (nSPS) is 11.4. The molecule has 2 heterocycles. The van der Waals surface area contributed by atoms with Crippen molar-refractivity contribution in [3.05, 3.63) is 84.1 Å². The second kappa shape index (κ2) is 8.10. The predicted octanol–water partition coefficient (Wildman–Crippen LogP) is 4.45. The van der Waals surface area contributed by atoms with Crippen molar-refractivity contribution in [1.29, 1.82) is 0 Å². The predicted molar refractivity (Wildman–Crippen MR) is 106 cm³/mol. The van der Waals surface area contributed by atoms with Gasteiger partial charge in [0.1, 0.15) is 5.56 Å². The quantitative estimate of drug-likeness (QED) is 0.455. The van der Waals surface area contributed by atoms with Gasteiger partial charge in [0.25, 0.3) is 5.91 Å². The van der Waals surface area contributed by atoms with E-state index in [-0.39, 0.29) is 11.3 Å². The molecule has 1 amide bonds. The van der Waals surface area contributed by atoms with E-state index in [0.717, 1.165) is 12.3 Å². The minimum absolute atomic E-state index is 0.164. The molecule has 2 aromatic carbocycles. The second-order valence-electron chi connectivity index (χ2n) is 6.55. The SMILES string of the molecule is O=C(Nc1cnc(-n2nccn2)c(C(F)(F)F)c1)c1ccc(-c2ccccc2)c(O)c1F. The van der Waals surface area contributed by atoms with E-state index in [1.807, 2.05) is 0 Å². The number of hydrogen-bond acceptors (Lipinski definition) is 5. The Morgan fingerprint density at radius 3 is 2.38 bits per heavy atom. The van der Waals surface area contributed by atoms with Gasteiger partial charge in [0, 0.05) is 5.56 Å². The number of pyridine rings is 1. The Morgan fingerprint density at radius 1 is 1.03 bits per heavy atom. The molecule has 4 rings (SSSR count). The standard InChI is InChI=1S/C21H13F4N5O2/c22-17-15(7-6-14(18(17)31)12-4-2-1-3-5-12)20(32)29-13-10-16(21(23,24)25)19(26-11-13)30-27-8-9-28-30/h1-11,31H,(H,29,32). The molecule has 7 nitrogen and oxygen atoms in total. The maximum Gasteiger partial charge on any atom is 0.420 e. The number of hydrogen-bond donors (Lipinski definition) is 2. The van der Waals surface area contributed by atoms with E-state index >= 15 is 0 Å². The average molecular weight is 443 g/mol. The van der Waals surface area contributed by atoms with Gasteiger partial charge in [-0.1, -0.05) is 30.3 Å². The second-order valence-corrected chi connectivity index (χ2v) is 6.55. The highest BCUT2D eigenvalue weighted by Gasteiger charge is 2.36. The van der Waals surface area contributed by atoms with Crippen LogP contribution in [0.2, 0.25) is 0 Å². The number of nitrogens with one attached hydrogen (secondary N) is 1. The van der Waals surface area contributed by atoms with Gasteiger partial charge < -0.3 is 10.4 Å². The number of anilines is 1. The summed E-state index contributed by atoms with van der Waals surface area (Å²) in [6.07, 6.45) is -1.49. The molecule has 0 aliphatic carbocycles. The van der Waals surface area contributed by atoms with E-state index in [0.29, 0.717) is 16.4 Å². The lowest BCUT2D eigenvalue weighted by Gasteiger charge is -2.14. The molecule has 0 spiro atoms. The molecule has 0 atom stereocenters. The first kappa shape index (κ1) is 21.0. The smallest absolute Gasteiger partial charge is 0.420 e. The molecule has 2 N–H and O–H groups in total. The van der Waals surface area contributed by atoms with Gasteiger partial charge in [0.05, 0.1) is 29.8 Å².